The van der Waals surface area contributed by atoms with Crippen molar-refractivity contribution in [3.63, 3.8) is 0 Å². The summed E-state index contributed by atoms with van der Waals surface area (Å²) in [5, 5.41) is 23.5. The van der Waals surface area contributed by atoms with Gasteiger partial charge in [-0.15, -0.1) is 12.4 Å². The van der Waals surface area contributed by atoms with E-state index in [1.807, 2.05) is 47.6 Å². The van der Waals surface area contributed by atoms with Gasteiger partial charge in [-0.05, 0) is 59.2 Å². The van der Waals surface area contributed by atoms with Crippen LogP contribution in [-0.4, -0.2) is 59.5 Å². The zero-order chi connectivity index (χ0) is 30.8. The summed E-state index contributed by atoms with van der Waals surface area (Å²) in [5.74, 6) is 4.80. The van der Waals surface area contributed by atoms with Crippen LogP contribution in [-0.2, 0) is 9.47 Å². The van der Waals surface area contributed by atoms with Crippen molar-refractivity contribution in [3.05, 3.63) is 58.7 Å². The quantitative estimate of drug-likeness (QED) is 0.129. The third-order valence-electron chi connectivity index (χ3n) is 5.36. The molecule has 2 aliphatic heterocycles. The zero-order valence-corrected chi connectivity index (χ0v) is 25.2. The summed E-state index contributed by atoms with van der Waals surface area (Å²) in [5.41, 5.74) is 1.95. The molecule has 0 fully saturated rings. The Morgan fingerprint density at radius 1 is 0.860 bits per heavy atom. The van der Waals surface area contributed by atoms with Gasteiger partial charge in [0.15, 0.2) is 0 Å². The molecule has 0 saturated carbocycles. The van der Waals surface area contributed by atoms with Crippen molar-refractivity contribution in [2.45, 2.75) is 72.3 Å². The van der Waals surface area contributed by atoms with Crippen LogP contribution in [0.25, 0.3) is 0 Å². The number of oxime groups is 1. The number of nitrogens with zero attached hydrogens (tertiary/aromatic N) is 1. The monoisotopic (exact) mass is 626 g/mol. The van der Waals surface area contributed by atoms with Gasteiger partial charge in [-0.3, -0.25) is 4.79 Å². The number of aldehydes is 1. The largest absolute Gasteiger partial charge is 0.491 e. The van der Waals surface area contributed by atoms with Crippen LogP contribution < -0.4 is 26.0 Å². The Balaban J connectivity index is 0.000000744. The normalized spacial score (nSPS) is 16.0. The first-order chi connectivity index (χ1) is 19.3. The molecule has 0 spiro atoms. The number of carbonyl (C=O) groups excluding carboxylic acids is 3. The minimum Gasteiger partial charge on any atom is -0.491 e. The van der Waals surface area contributed by atoms with Crippen molar-refractivity contribution in [1.82, 2.24) is 10.6 Å². The molecule has 6 N–H and O–H groups in total. The van der Waals surface area contributed by atoms with Crippen LogP contribution in [0, 0.1) is 0 Å². The lowest BCUT2D eigenvalue weighted by atomic mass is 10.1. The zero-order valence-electron chi connectivity index (χ0n) is 24.4. The number of alkyl carbamates (subject to hydrolysis) is 2. The van der Waals surface area contributed by atoms with Gasteiger partial charge in [0.25, 0.3) is 0 Å². The van der Waals surface area contributed by atoms with Crippen LogP contribution in [0.1, 0.15) is 88.1 Å². The second kappa shape index (κ2) is 17.1. The molecule has 13 nitrogen and oxygen atoms in total. The molecule has 43 heavy (non-hydrogen) atoms. The third kappa shape index (κ3) is 12.4. The molecule has 2 heterocycles. The summed E-state index contributed by atoms with van der Waals surface area (Å²) in [6, 6.07) is 10.0. The minimum atomic E-state index is -0.534. The van der Waals surface area contributed by atoms with Crippen molar-refractivity contribution in [1.29, 1.82) is 0 Å². The summed E-state index contributed by atoms with van der Waals surface area (Å²) >= 11 is 0. The lowest BCUT2D eigenvalue weighted by Crippen LogP contribution is -2.35. The fraction of sp³-hybridized carbons (Fsp3) is 0.448. The number of hydrogen-bond acceptors (Lipinski definition) is 11. The summed E-state index contributed by atoms with van der Waals surface area (Å²) in [7, 11) is 0. The maximum atomic E-state index is 11.8. The highest BCUT2D eigenvalue weighted by Crippen LogP contribution is 2.34. The molecule has 4 rings (SSSR count). The summed E-state index contributed by atoms with van der Waals surface area (Å²) < 4.78 is 21.4. The van der Waals surface area contributed by atoms with Crippen LogP contribution in [0.5, 0.6) is 11.5 Å². The maximum Gasteiger partial charge on any atom is 0.408 e. The Hall–Kier alpha value is -4.07. The van der Waals surface area contributed by atoms with Gasteiger partial charge in [-0.2, -0.15) is 0 Å². The molecule has 2 aliphatic rings. The molecule has 0 aromatic heterocycles. The van der Waals surface area contributed by atoms with Crippen LogP contribution >= 0.6 is 12.4 Å². The molecule has 14 heteroatoms. The van der Waals surface area contributed by atoms with E-state index in [2.05, 4.69) is 21.7 Å². The topological polar surface area (TPSA) is 191 Å². The predicted octanol–water partition coefficient (Wildman–Crippen LogP) is 5.30. The van der Waals surface area contributed by atoms with E-state index in [9.17, 15) is 14.4 Å². The highest BCUT2D eigenvalue weighted by atomic mass is 35.5. The molecule has 240 valence electrons. The number of halogens is 1. The Bertz CT molecular complexity index is 1240. The smallest absolute Gasteiger partial charge is 0.408 e. The van der Waals surface area contributed by atoms with Crippen molar-refractivity contribution in [2.24, 2.45) is 11.1 Å². The molecule has 0 unspecified atom stereocenters. The predicted molar refractivity (Wildman–Crippen MR) is 163 cm³/mol. The fourth-order valence-electron chi connectivity index (χ4n) is 3.81. The minimum absolute atomic E-state index is 0. The van der Waals surface area contributed by atoms with Crippen LogP contribution in [0.2, 0.25) is 0 Å². The van der Waals surface area contributed by atoms with Crippen LogP contribution in [0.3, 0.4) is 0 Å². The number of benzene rings is 2. The highest BCUT2D eigenvalue weighted by Gasteiger charge is 2.29. The molecular formula is C29H43ClN4O9. The number of amides is 2. The van der Waals surface area contributed by atoms with E-state index >= 15 is 0 Å². The van der Waals surface area contributed by atoms with Gasteiger partial charge in [-0.25, -0.2) is 15.5 Å². The van der Waals surface area contributed by atoms with Gasteiger partial charge in [0.05, 0.1) is 18.3 Å². The number of nitrogens with one attached hydrogen (secondary N) is 2. The molecule has 2 amide bonds. The SMILES string of the molecule is C.CC(C)(C)OC(=O)N[C@@H]1COc2cc(/C=N/O)ccc21.CC(C)(C)OC(=O)N[C@@H]1COc2cc(C=O)ccc21.Cl.NO. The van der Waals surface area contributed by atoms with Crippen molar-refractivity contribution < 1.29 is 43.7 Å². The standard InChI is InChI=1S/C14H18N2O4.C14H17NO4.CH4.ClH.H3NO/c1-14(2,3)20-13(17)16-11-8-19-12-6-9(7-15-18)4-5-10(11)12;1-14(2,3)19-13(17)15-11-8-18-12-6-9(7-16)4-5-10(11)12;;;1-2/h4-7,11,18H,8H2,1-3H3,(H,16,17);4-7,11H,8H2,1-3H3,(H,15,17);1H4;1H;2H,1H2/b15-7+;;;;/t2*11-;;;/m11.../s1. The molecular weight excluding hydrogens is 584 g/mol. The van der Waals surface area contributed by atoms with Crippen LogP contribution in [0.15, 0.2) is 41.6 Å². The van der Waals surface area contributed by atoms with E-state index in [4.69, 9.17) is 29.4 Å². The fourth-order valence-corrected chi connectivity index (χ4v) is 3.81. The van der Waals surface area contributed by atoms with Crippen molar-refractivity contribution >= 4 is 37.1 Å². The number of ether oxygens (including phenoxy) is 4. The van der Waals surface area contributed by atoms with Crippen molar-refractivity contribution in [3.8, 4) is 11.5 Å². The number of carbonyl (C=O) groups is 3. The van der Waals surface area contributed by atoms with Crippen molar-refractivity contribution in [2.75, 3.05) is 13.2 Å². The van der Waals surface area contributed by atoms with Crippen LogP contribution in [0.4, 0.5) is 9.59 Å². The van der Waals surface area contributed by atoms with Gasteiger partial charge >= 0.3 is 12.2 Å². The Kier molecular flexibility index (Phi) is 15.5. The molecule has 0 aliphatic carbocycles. The van der Waals surface area contributed by atoms with Gasteiger partial charge in [0.2, 0.25) is 0 Å². The first-order valence-corrected chi connectivity index (χ1v) is 12.7. The lowest BCUT2D eigenvalue weighted by molar-refractivity contribution is 0.0485. The Morgan fingerprint density at radius 2 is 1.26 bits per heavy atom. The Labute approximate surface area is 258 Å². The molecule has 2 aromatic rings. The lowest BCUT2D eigenvalue weighted by Gasteiger charge is -2.21. The van der Waals surface area contributed by atoms with Gasteiger partial charge in [0.1, 0.15) is 42.2 Å². The average molecular weight is 627 g/mol. The molecule has 0 radical (unpaired) electrons. The van der Waals surface area contributed by atoms with Gasteiger partial charge in [-0.1, -0.05) is 36.8 Å². The van der Waals surface area contributed by atoms with E-state index in [-0.39, 0.29) is 31.9 Å². The Morgan fingerprint density at radius 3 is 1.63 bits per heavy atom. The number of hydrogen-bond donors (Lipinski definition) is 5. The summed E-state index contributed by atoms with van der Waals surface area (Å²) in [6.45, 7) is 11.6. The maximum absolute atomic E-state index is 11.8. The first kappa shape index (κ1) is 38.9. The highest BCUT2D eigenvalue weighted by molar-refractivity contribution is 5.85. The average Bonchev–Trinajstić information content (AvgIpc) is 3.46. The molecule has 0 bridgehead atoms. The number of rotatable bonds is 4. The van der Waals surface area contributed by atoms with E-state index in [1.54, 1.807) is 30.3 Å². The van der Waals surface area contributed by atoms with Gasteiger partial charge in [0, 0.05) is 16.7 Å². The van der Waals surface area contributed by atoms with E-state index < -0.39 is 23.4 Å². The second-order valence-electron chi connectivity index (χ2n) is 11.0. The molecule has 2 atom stereocenters. The molecule has 2 aromatic carbocycles. The number of nitrogens with two attached hydrogens (primary N) is 1. The summed E-state index contributed by atoms with van der Waals surface area (Å²) in [6.07, 6.45) is 1.13. The van der Waals surface area contributed by atoms with E-state index in [0.717, 1.165) is 23.0 Å². The molecule has 0 saturated heterocycles. The second-order valence-corrected chi connectivity index (χ2v) is 11.0. The van der Waals surface area contributed by atoms with Gasteiger partial charge < -0.3 is 40.0 Å². The number of fused-ring (bicyclic) bond motifs is 2. The van der Waals surface area contributed by atoms with E-state index in [1.165, 1.54) is 6.21 Å². The first-order valence-electron chi connectivity index (χ1n) is 12.7. The summed E-state index contributed by atoms with van der Waals surface area (Å²) in [4.78, 5) is 34.1. The van der Waals surface area contributed by atoms with E-state index in [0.29, 0.717) is 30.3 Å². The third-order valence-corrected chi connectivity index (χ3v) is 5.36.